The summed E-state index contributed by atoms with van der Waals surface area (Å²) in [5.41, 5.74) is 3.54. The van der Waals surface area contributed by atoms with Crippen molar-refractivity contribution in [3.8, 4) is 0 Å². The summed E-state index contributed by atoms with van der Waals surface area (Å²) in [5.74, 6) is -2.14. The second kappa shape index (κ2) is 60.5. The van der Waals surface area contributed by atoms with E-state index in [1.807, 2.05) is 24.3 Å². The number of aromatic nitrogens is 2. The van der Waals surface area contributed by atoms with E-state index in [2.05, 4.69) is 45.1 Å². The van der Waals surface area contributed by atoms with E-state index in [9.17, 15) is 52.9 Å². The number of ether oxygens (including phenoxy) is 4. The fourth-order valence-electron chi connectivity index (χ4n) is 11.7. The van der Waals surface area contributed by atoms with Crippen molar-refractivity contribution in [3.05, 3.63) is 59.4 Å². The van der Waals surface area contributed by atoms with Gasteiger partial charge in [-0.1, -0.05) is 207 Å². The molecule has 1 unspecified atom stereocenters. The van der Waals surface area contributed by atoms with Crippen LogP contribution in [0, 0.1) is 0 Å². The first kappa shape index (κ1) is 94.6. The molecule has 2 aromatic carbocycles. The van der Waals surface area contributed by atoms with Gasteiger partial charge in [-0.3, -0.25) is 42.9 Å². The number of para-hydroxylation sites is 2. The molecule has 25 nitrogen and oxygen atoms in total. The van der Waals surface area contributed by atoms with Gasteiger partial charge in [0, 0.05) is 83.1 Å². The van der Waals surface area contributed by atoms with Gasteiger partial charge in [-0.2, -0.15) is 0 Å². The zero-order chi connectivity index (χ0) is 75.0. The first-order valence-corrected chi connectivity index (χ1v) is 40.3. The summed E-state index contributed by atoms with van der Waals surface area (Å²) in [6, 6.07) is 11.9. The molecule has 3 atom stereocenters. The summed E-state index contributed by atoms with van der Waals surface area (Å²) in [7, 11) is -3.03. The van der Waals surface area contributed by atoms with Crippen molar-refractivity contribution >= 4 is 72.0 Å². The molecule has 0 spiro atoms. The van der Waals surface area contributed by atoms with Crippen molar-refractivity contribution in [2.45, 2.75) is 284 Å². The van der Waals surface area contributed by atoms with Gasteiger partial charge in [0.15, 0.2) is 6.10 Å². The Hall–Kier alpha value is -5.50. The second-order valence-corrected chi connectivity index (χ2v) is 28.2. The van der Waals surface area contributed by atoms with Crippen LogP contribution in [-0.2, 0) is 79.2 Å². The minimum Gasteiger partial charge on any atom is -0.756 e. The van der Waals surface area contributed by atoms with Gasteiger partial charge in [0.25, 0.3) is 13.7 Å². The molecule has 0 bridgehead atoms. The number of nitrogens with zero attached hydrogens (tertiary/aromatic N) is 3. The number of imidazole rings is 1. The number of rotatable bonds is 61. The van der Waals surface area contributed by atoms with Gasteiger partial charge in [-0.15, -0.1) is 0 Å². The van der Waals surface area contributed by atoms with Crippen molar-refractivity contribution < 1.29 is 110 Å². The minimum absolute atomic E-state index is 0. The number of unbranched alkanes of at least 4 members (excludes halogenated alkanes) is 27. The average molecular weight is 1490 g/mol. The largest absolute Gasteiger partial charge is 1.00 e. The fourth-order valence-corrected chi connectivity index (χ4v) is 12.4. The fraction of sp³-hybridized carbons (Fsp3) is 0.727. The van der Waals surface area contributed by atoms with E-state index >= 15 is 0 Å². The Balaban J connectivity index is 0.000000700. The summed E-state index contributed by atoms with van der Waals surface area (Å²) in [6.45, 7) is 10.3. The van der Waals surface area contributed by atoms with Gasteiger partial charge in [-0.25, -0.2) is 4.98 Å². The third kappa shape index (κ3) is 46.6. The molecule has 0 radical (unpaired) electrons. The number of aromatic amines is 1. The van der Waals surface area contributed by atoms with E-state index in [1.54, 1.807) is 48.9 Å². The number of nitrogens with one attached hydrogen (secondary N) is 5. The molecule has 3 aromatic rings. The SMILES string of the molecule is CCC(=O)NCCOCCOCCC(=O)NCCCCCCN1Cc2cc(C(=O)N(C)Cc3nc4ccccc4[nH]3)ccc2N[C@@H](CC(=O)O)C1=O.CCCCCCCCCCCCCCCC(=O)OC[C@H](COP(=O)([O-])OCCNC(=O)CC)OC(=O)CCCCCCCCCCCCCCC.[Na+]. The molecule has 1 aliphatic heterocycles. The first-order valence-electron chi connectivity index (χ1n) is 38.9. The zero-order valence-electron chi connectivity index (χ0n) is 64.1. The summed E-state index contributed by atoms with van der Waals surface area (Å²) >= 11 is 0. The third-order valence-electron chi connectivity index (χ3n) is 17.7. The van der Waals surface area contributed by atoms with E-state index < -0.39 is 44.5 Å². The summed E-state index contributed by atoms with van der Waals surface area (Å²) in [6.07, 6.45) is 34.4. The summed E-state index contributed by atoms with van der Waals surface area (Å²) in [5, 5.41) is 20.7. The average Bonchev–Trinajstić information content (AvgIpc) is 1.63. The smallest absolute Gasteiger partial charge is 0.756 e. The Morgan fingerprint density at radius 3 is 1.70 bits per heavy atom. The molecule has 2 heterocycles. The second-order valence-electron chi connectivity index (χ2n) is 26.8. The number of H-pyrrole nitrogens is 1. The van der Waals surface area contributed by atoms with Crippen molar-refractivity contribution in [1.82, 2.24) is 35.7 Å². The maximum absolute atomic E-state index is 13.5. The Morgan fingerprint density at radius 1 is 0.615 bits per heavy atom. The Labute approximate surface area is 642 Å². The van der Waals surface area contributed by atoms with Crippen LogP contribution in [0.1, 0.15) is 281 Å². The van der Waals surface area contributed by atoms with Gasteiger partial charge in [0.2, 0.25) is 23.6 Å². The van der Waals surface area contributed by atoms with Crippen LogP contribution in [0.4, 0.5) is 5.69 Å². The van der Waals surface area contributed by atoms with E-state index in [0.29, 0.717) is 88.8 Å². The Bertz CT molecular complexity index is 2870. The topological polar surface area (TPSA) is 336 Å². The van der Waals surface area contributed by atoms with E-state index in [0.717, 1.165) is 68.0 Å². The van der Waals surface area contributed by atoms with E-state index in [4.69, 9.17) is 28.0 Å². The van der Waals surface area contributed by atoms with Crippen LogP contribution in [0.2, 0.25) is 0 Å². The van der Waals surface area contributed by atoms with Gasteiger partial charge in [0.1, 0.15) is 18.5 Å². The number of aliphatic carboxylic acids is 1. The molecule has 1 aromatic heterocycles. The number of hydrogen-bond acceptors (Lipinski definition) is 18. The molecule has 0 saturated heterocycles. The number of carboxylic acids is 1. The quantitative estimate of drug-likeness (QED) is 0.0132. The predicted molar refractivity (Wildman–Crippen MR) is 399 cm³/mol. The molecule has 0 fully saturated rings. The van der Waals surface area contributed by atoms with E-state index in [-0.39, 0.29) is 124 Å². The summed E-state index contributed by atoms with van der Waals surface area (Å²) < 4.78 is 43.7. The van der Waals surface area contributed by atoms with E-state index in [1.165, 1.54) is 122 Å². The standard InChI is InChI=1S/C40H78NO9P.C37H51N7O8.Na/c1-4-7-9-11-13-15-17-19-21-23-25-27-29-31-39(43)47-35-37(36-49-51(45,46)48-34-33-41-38(42)6-3)50-40(44)32-30-28-26-24-22-20-18-16-14-12-10-8-5-2;1-3-33(45)39-16-19-52-21-20-51-18-14-34(46)38-15-8-4-5-9-17-44-24-27-22-26(12-13-28(27)40-31(37(44)50)23-35(47)48)36(49)43(2)25-32-41-29-10-6-7-11-30(29)42-32;/h37H,4-36H2,1-3H3,(H,41,42)(H,45,46);6-7,10-13,22,31,40H,3-5,8-9,14-21,23-25H2,1-2H3,(H,38,46)(H,39,45)(H,41,42)(H,47,48);/q;;+1/p-1/t37-;31-;/m10./s1. The third-order valence-corrected chi connectivity index (χ3v) is 18.7. The number of phosphoric acid groups is 1. The van der Waals surface area contributed by atoms with Crippen molar-refractivity contribution in [2.75, 3.05) is 84.8 Å². The molecule has 4 rings (SSSR count). The minimum atomic E-state index is -4.73. The monoisotopic (exact) mass is 1490 g/mol. The molecule has 27 heteroatoms. The molecule has 6 N–H and O–H groups in total. The van der Waals surface area contributed by atoms with Crippen LogP contribution in [0.5, 0.6) is 0 Å². The Morgan fingerprint density at radius 2 is 1.13 bits per heavy atom. The van der Waals surface area contributed by atoms with Gasteiger partial charge in [0.05, 0.1) is 63.6 Å². The molecule has 0 saturated carbocycles. The number of carbonyl (C=O) groups excluding carboxylic acids is 7. The van der Waals surface area contributed by atoms with Crippen LogP contribution in [-0.4, -0.2) is 164 Å². The first-order chi connectivity index (χ1) is 49.9. The number of anilines is 1. The molecular formula is C77H128N8NaO17P. The number of hydrogen-bond donors (Lipinski definition) is 6. The maximum Gasteiger partial charge on any atom is 1.00 e. The number of benzene rings is 2. The predicted octanol–water partition coefficient (Wildman–Crippen LogP) is 10.5. The van der Waals surface area contributed by atoms with Crippen molar-refractivity contribution in [1.29, 1.82) is 0 Å². The van der Waals surface area contributed by atoms with Crippen LogP contribution < -0.4 is 55.7 Å². The zero-order valence-corrected chi connectivity index (χ0v) is 67.0. The molecule has 0 aliphatic carbocycles. The Kier molecular flexibility index (Phi) is 55.0. The number of carboxylic acid groups (broad SMARTS) is 1. The number of amides is 5. The maximum atomic E-state index is 13.5. The normalized spacial score (nSPS) is 13.4. The van der Waals surface area contributed by atoms with Crippen LogP contribution >= 0.6 is 7.82 Å². The number of fused-ring (bicyclic) bond motifs is 2. The van der Waals surface area contributed by atoms with Gasteiger partial charge in [-0.05, 0) is 61.6 Å². The molecule has 104 heavy (non-hydrogen) atoms. The molecule has 584 valence electrons. The van der Waals surface area contributed by atoms with Crippen LogP contribution in [0.3, 0.4) is 0 Å². The van der Waals surface area contributed by atoms with Gasteiger partial charge >= 0.3 is 47.5 Å². The molecular weight excluding hydrogens is 1360 g/mol. The number of carbonyl (C=O) groups is 8. The van der Waals surface area contributed by atoms with Gasteiger partial charge < -0.3 is 74.0 Å². The number of phosphoric ester groups is 1. The molecule has 5 amide bonds. The van der Waals surface area contributed by atoms with Crippen molar-refractivity contribution in [2.24, 2.45) is 0 Å². The number of esters is 2. The van der Waals surface area contributed by atoms with Crippen LogP contribution in [0.15, 0.2) is 42.5 Å². The summed E-state index contributed by atoms with van der Waals surface area (Å²) in [4.78, 5) is 121. The van der Waals surface area contributed by atoms with Crippen molar-refractivity contribution in [3.63, 3.8) is 0 Å². The van der Waals surface area contributed by atoms with Crippen LogP contribution in [0.25, 0.3) is 11.0 Å². The molecule has 1 aliphatic rings.